The maximum absolute atomic E-state index is 13.2. The maximum atomic E-state index is 13.2. The normalized spacial score (nSPS) is 13.9. The van der Waals surface area contributed by atoms with E-state index in [1.54, 1.807) is 19.1 Å². The van der Waals surface area contributed by atoms with E-state index < -0.39 is 24.0 Å². The van der Waals surface area contributed by atoms with Crippen molar-refractivity contribution in [3.05, 3.63) is 97.1 Å². The monoisotopic (exact) mass is 506 g/mol. The van der Waals surface area contributed by atoms with Crippen LogP contribution in [0.3, 0.4) is 0 Å². The van der Waals surface area contributed by atoms with Gasteiger partial charge < -0.3 is 20.5 Å². The number of aliphatic hydroxyl groups excluding tert-OH is 1. The number of aliphatic hydroxyl groups is 1. The van der Waals surface area contributed by atoms with Crippen molar-refractivity contribution in [2.24, 2.45) is 11.8 Å². The van der Waals surface area contributed by atoms with Gasteiger partial charge in [-0.25, -0.2) is 0 Å². The Morgan fingerprint density at radius 2 is 1.54 bits per heavy atom. The van der Waals surface area contributed by atoms with Gasteiger partial charge in [-0.3, -0.25) is 14.4 Å². The second-order valence-electron chi connectivity index (χ2n) is 9.07. The standard InChI is InChI=1S/C30H38N2O5/c1-4-12-25(19-28(34)32-22(3)21-33)29(35)31-20-27(24-16-10-7-11-17-24)37-30(36)26(13-5-2)18-23-14-8-6-9-15-23/h4-11,14-17,22,25-27,33H,1-2,12-13,18-21H2,3H3,(H,31,35)(H,32,34)/t22-,25-,26-,27+/m0/s1. The van der Waals surface area contributed by atoms with E-state index in [1.165, 1.54) is 0 Å². The first-order valence-corrected chi connectivity index (χ1v) is 12.6. The molecule has 0 unspecified atom stereocenters. The number of allylic oxidation sites excluding steroid dienone is 2. The fourth-order valence-electron chi connectivity index (χ4n) is 3.92. The smallest absolute Gasteiger partial charge is 0.310 e. The minimum atomic E-state index is -0.701. The Labute approximate surface area is 219 Å². The summed E-state index contributed by atoms with van der Waals surface area (Å²) < 4.78 is 5.93. The molecule has 0 aliphatic heterocycles. The van der Waals surface area contributed by atoms with Gasteiger partial charge in [-0.15, -0.1) is 13.2 Å². The molecule has 0 aliphatic carbocycles. The topological polar surface area (TPSA) is 105 Å². The number of amides is 2. The average Bonchev–Trinajstić information content (AvgIpc) is 2.91. The van der Waals surface area contributed by atoms with Gasteiger partial charge in [0.2, 0.25) is 11.8 Å². The summed E-state index contributed by atoms with van der Waals surface area (Å²) in [6.07, 6.45) is 3.83. The van der Waals surface area contributed by atoms with Crippen LogP contribution in [0.15, 0.2) is 86.0 Å². The minimum Gasteiger partial charge on any atom is -0.455 e. The fourth-order valence-corrected chi connectivity index (χ4v) is 3.92. The molecule has 7 heteroatoms. The zero-order valence-electron chi connectivity index (χ0n) is 21.5. The Kier molecular flexibility index (Phi) is 12.9. The zero-order chi connectivity index (χ0) is 27.0. The van der Waals surface area contributed by atoms with E-state index >= 15 is 0 Å². The third-order valence-electron chi connectivity index (χ3n) is 5.94. The van der Waals surface area contributed by atoms with Crippen LogP contribution in [0.4, 0.5) is 0 Å². The van der Waals surface area contributed by atoms with E-state index in [9.17, 15) is 14.4 Å². The minimum absolute atomic E-state index is 0.0452. The van der Waals surface area contributed by atoms with Crippen LogP contribution >= 0.6 is 0 Å². The lowest BCUT2D eigenvalue weighted by atomic mass is 9.96. The molecule has 4 atom stereocenters. The molecule has 0 aromatic heterocycles. The number of rotatable bonds is 16. The highest BCUT2D eigenvalue weighted by Gasteiger charge is 2.26. The molecule has 0 saturated carbocycles. The van der Waals surface area contributed by atoms with Crippen LogP contribution in [-0.4, -0.2) is 42.1 Å². The van der Waals surface area contributed by atoms with E-state index in [1.807, 2.05) is 60.7 Å². The molecule has 0 heterocycles. The number of hydrogen-bond acceptors (Lipinski definition) is 5. The average molecular weight is 507 g/mol. The number of hydrogen-bond donors (Lipinski definition) is 3. The third kappa shape index (κ3) is 10.4. The summed E-state index contributed by atoms with van der Waals surface area (Å²) in [6, 6.07) is 18.6. The molecule has 0 spiro atoms. The van der Waals surface area contributed by atoms with Crippen molar-refractivity contribution < 1.29 is 24.2 Å². The molecule has 3 N–H and O–H groups in total. The molecule has 2 amide bonds. The SMILES string of the molecule is C=CC[C@@H](CC(=O)N[C@@H](C)CO)C(=O)NC[C@@H](OC(=O)[C@@H](CC=C)Cc1ccccc1)c1ccccc1. The van der Waals surface area contributed by atoms with E-state index in [-0.39, 0.29) is 37.4 Å². The van der Waals surface area contributed by atoms with Crippen LogP contribution in [0.5, 0.6) is 0 Å². The van der Waals surface area contributed by atoms with Gasteiger partial charge in [-0.1, -0.05) is 72.8 Å². The van der Waals surface area contributed by atoms with Crippen LogP contribution in [0.25, 0.3) is 0 Å². The first-order chi connectivity index (χ1) is 17.9. The van der Waals surface area contributed by atoms with Crippen molar-refractivity contribution in [1.82, 2.24) is 10.6 Å². The predicted molar refractivity (Wildman–Crippen MR) is 144 cm³/mol. The zero-order valence-corrected chi connectivity index (χ0v) is 21.5. The Hall–Kier alpha value is -3.71. The van der Waals surface area contributed by atoms with Crippen LogP contribution in [0.2, 0.25) is 0 Å². The van der Waals surface area contributed by atoms with Crippen LogP contribution < -0.4 is 10.6 Å². The van der Waals surface area contributed by atoms with Gasteiger partial charge in [0.15, 0.2) is 0 Å². The Morgan fingerprint density at radius 3 is 2.14 bits per heavy atom. The molecule has 0 radical (unpaired) electrons. The number of esters is 1. The maximum Gasteiger partial charge on any atom is 0.310 e. The number of carbonyl (C=O) groups excluding carboxylic acids is 3. The lowest BCUT2D eigenvalue weighted by molar-refractivity contribution is -0.154. The summed E-state index contributed by atoms with van der Waals surface area (Å²) in [5, 5.41) is 14.7. The van der Waals surface area contributed by atoms with Crippen molar-refractivity contribution >= 4 is 17.8 Å². The van der Waals surface area contributed by atoms with Crippen molar-refractivity contribution in [3.63, 3.8) is 0 Å². The highest BCUT2D eigenvalue weighted by molar-refractivity contribution is 5.86. The summed E-state index contributed by atoms with van der Waals surface area (Å²) in [5.74, 6) is -2.08. The highest BCUT2D eigenvalue weighted by atomic mass is 16.5. The molecule has 0 fully saturated rings. The van der Waals surface area contributed by atoms with E-state index in [4.69, 9.17) is 9.84 Å². The quantitative estimate of drug-likeness (QED) is 0.237. The Bertz CT molecular complexity index is 1010. The number of benzene rings is 2. The van der Waals surface area contributed by atoms with E-state index in [0.717, 1.165) is 11.1 Å². The Balaban J connectivity index is 2.11. The summed E-state index contributed by atoms with van der Waals surface area (Å²) >= 11 is 0. The molecule has 2 rings (SSSR count). The van der Waals surface area contributed by atoms with Gasteiger partial charge in [0.1, 0.15) is 6.10 Å². The number of ether oxygens (including phenoxy) is 1. The largest absolute Gasteiger partial charge is 0.455 e. The molecule has 0 bridgehead atoms. The second-order valence-corrected chi connectivity index (χ2v) is 9.07. The van der Waals surface area contributed by atoms with Crippen molar-refractivity contribution in [2.45, 2.75) is 44.8 Å². The molecule has 2 aromatic carbocycles. The van der Waals surface area contributed by atoms with Gasteiger partial charge in [-0.2, -0.15) is 0 Å². The molecular weight excluding hydrogens is 468 g/mol. The molecule has 2 aromatic rings. The molecular formula is C30H38N2O5. The van der Waals surface area contributed by atoms with Crippen LogP contribution in [0.1, 0.15) is 43.4 Å². The van der Waals surface area contributed by atoms with Crippen LogP contribution in [0, 0.1) is 11.8 Å². The molecule has 0 saturated heterocycles. The van der Waals surface area contributed by atoms with Crippen molar-refractivity contribution in [3.8, 4) is 0 Å². The van der Waals surface area contributed by atoms with Crippen molar-refractivity contribution in [2.75, 3.05) is 13.2 Å². The summed E-state index contributed by atoms with van der Waals surface area (Å²) in [4.78, 5) is 38.5. The summed E-state index contributed by atoms with van der Waals surface area (Å²) in [6.45, 7) is 9.02. The van der Waals surface area contributed by atoms with Gasteiger partial charge in [-0.05, 0) is 37.3 Å². The fraction of sp³-hybridized carbons (Fsp3) is 0.367. The first-order valence-electron chi connectivity index (χ1n) is 12.6. The van der Waals surface area contributed by atoms with Gasteiger partial charge in [0.05, 0.1) is 25.0 Å². The van der Waals surface area contributed by atoms with E-state index in [2.05, 4.69) is 23.8 Å². The van der Waals surface area contributed by atoms with Gasteiger partial charge in [0.25, 0.3) is 0 Å². The Morgan fingerprint density at radius 1 is 0.946 bits per heavy atom. The summed E-state index contributed by atoms with van der Waals surface area (Å²) in [5.41, 5.74) is 1.78. The van der Waals surface area contributed by atoms with Gasteiger partial charge in [0, 0.05) is 12.5 Å². The molecule has 7 nitrogen and oxygen atoms in total. The second kappa shape index (κ2) is 16.1. The number of carbonyl (C=O) groups is 3. The van der Waals surface area contributed by atoms with Crippen LogP contribution in [-0.2, 0) is 25.5 Å². The highest BCUT2D eigenvalue weighted by Crippen LogP contribution is 2.22. The lowest BCUT2D eigenvalue weighted by Gasteiger charge is -2.23. The molecule has 198 valence electrons. The van der Waals surface area contributed by atoms with E-state index in [0.29, 0.717) is 19.3 Å². The first kappa shape index (κ1) is 29.5. The summed E-state index contributed by atoms with van der Waals surface area (Å²) in [7, 11) is 0. The van der Waals surface area contributed by atoms with Crippen molar-refractivity contribution in [1.29, 1.82) is 0 Å². The number of nitrogens with one attached hydrogen (secondary N) is 2. The predicted octanol–water partition coefficient (Wildman–Crippen LogP) is 3.90. The molecule has 37 heavy (non-hydrogen) atoms. The lowest BCUT2D eigenvalue weighted by Crippen LogP contribution is -2.40. The molecule has 0 aliphatic rings. The van der Waals surface area contributed by atoms with Gasteiger partial charge >= 0.3 is 5.97 Å². The third-order valence-corrected chi connectivity index (χ3v) is 5.94.